The maximum absolute atomic E-state index is 11.7. The summed E-state index contributed by atoms with van der Waals surface area (Å²) in [5, 5.41) is 20.9. The summed E-state index contributed by atoms with van der Waals surface area (Å²) < 4.78 is 5.14. The van der Waals surface area contributed by atoms with Crippen LogP contribution in [0.5, 0.6) is 0 Å². The monoisotopic (exact) mass is 295 g/mol. The quantitative estimate of drug-likeness (QED) is 0.791. The van der Waals surface area contributed by atoms with Gasteiger partial charge in [0.15, 0.2) is 0 Å². The van der Waals surface area contributed by atoms with Crippen LogP contribution in [0.25, 0.3) is 0 Å². The molecule has 1 aromatic carbocycles. The molecule has 0 aromatic heterocycles. The van der Waals surface area contributed by atoms with Gasteiger partial charge in [0.25, 0.3) is 0 Å². The average Bonchev–Trinajstić information content (AvgIpc) is 2.34. The van der Waals surface area contributed by atoms with Crippen LogP contribution in [-0.4, -0.2) is 34.5 Å². The molecule has 0 aliphatic carbocycles. The van der Waals surface area contributed by atoms with E-state index < -0.39 is 23.7 Å². The highest BCUT2D eigenvalue weighted by Crippen LogP contribution is 2.20. The minimum atomic E-state index is -1.02. The average molecular weight is 295 g/mol. The third-order valence-electron chi connectivity index (χ3n) is 2.77. The fourth-order valence-corrected chi connectivity index (χ4v) is 1.87. The summed E-state index contributed by atoms with van der Waals surface area (Å²) in [7, 11) is 0. The number of aliphatic hydroxyl groups is 1. The number of benzene rings is 1. The number of carboxylic acids is 1. The smallest absolute Gasteiger partial charge is 0.408 e. The van der Waals surface area contributed by atoms with E-state index >= 15 is 0 Å². The highest BCUT2D eigenvalue weighted by Gasteiger charge is 2.21. The second-order valence-electron chi connectivity index (χ2n) is 5.76. The van der Waals surface area contributed by atoms with Crippen molar-refractivity contribution in [3.63, 3.8) is 0 Å². The molecular formula is C15H21NO5. The van der Waals surface area contributed by atoms with Gasteiger partial charge in [0.1, 0.15) is 5.60 Å². The minimum absolute atomic E-state index is 0.158. The lowest BCUT2D eigenvalue weighted by molar-refractivity contribution is 0.0481. The molecule has 0 heterocycles. The highest BCUT2D eigenvalue weighted by atomic mass is 16.6. The molecule has 0 aliphatic rings. The Morgan fingerprint density at radius 2 is 1.95 bits per heavy atom. The minimum Gasteiger partial charge on any atom is -0.478 e. The molecule has 0 bridgehead atoms. The first-order chi connectivity index (χ1) is 9.64. The molecule has 6 heteroatoms. The van der Waals surface area contributed by atoms with Crippen molar-refractivity contribution in [1.29, 1.82) is 0 Å². The Balaban J connectivity index is 2.90. The van der Waals surface area contributed by atoms with Gasteiger partial charge in [0.2, 0.25) is 0 Å². The molecule has 0 saturated carbocycles. The number of nitrogens with one attached hydrogen (secondary N) is 1. The van der Waals surface area contributed by atoms with Gasteiger partial charge in [-0.1, -0.05) is 6.07 Å². The summed E-state index contributed by atoms with van der Waals surface area (Å²) in [5.41, 5.74) is 0.843. The van der Waals surface area contributed by atoms with Crippen LogP contribution in [0.15, 0.2) is 18.2 Å². The lowest BCUT2D eigenvalue weighted by Gasteiger charge is -2.23. The standard InChI is InChI=1S/C15H21NO5/c1-9-7-10(13(18)19)5-6-11(9)12(8-17)16-14(20)21-15(2,3)4/h5-7,12,17H,8H2,1-4H3,(H,16,20)(H,18,19). The molecule has 0 saturated heterocycles. The molecule has 1 amide bonds. The zero-order chi connectivity index (χ0) is 16.2. The van der Waals surface area contributed by atoms with E-state index in [1.165, 1.54) is 12.1 Å². The molecule has 0 aliphatic heterocycles. The van der Waals surface area contributed by atoms with Crippen LogP contribution in [0.4, 0.5) is 4.79 Å². The molecule has 1 rings (SSSR count). The van der Waals surface area contributed by atoms with Crippen molar-refractivity contribution in [3.05, 3.63) is 34.9 Å². The van der Waals surface area contributed by atoms with E-state index in [-0.39, 0.29) is 12.2 Å². The first-order valence-corrected chi connectivity index (χ1v) is 6.58. The Morgan fingerprint density at radius 3 is 2.38 bits per heavy atom. The Kier molecular flexibility index (Phi) is 5.32. The molecule has 0 radical (unpaired) electrons. The van der Waals surface area contributed by atoms with Gasteiger partial charge in [-0.2, -0.15) is 0 Å². The van der Waals surface area contributed by atoms with Crippen molar-refractivity contribution in [2.24, 2.45) is 0 Å². The molecule has 116 valence electrons. The number of hydrogen-bond donors (Lipinski definition) is 3. The number of hydrogen-bond acceptors (Lipinski definition) is 4. The maximum Gasteiger partial charge on any atom is 0.408 e. The molecule has 0 fully saturated rings. The molecule has 6 nitrogen and oxygen atoms in total. The van der Waals surface area contributed by atoms with Crippen molar-refractivity contribution >= 4 is 12.1 Å². The third-order valence-corrected chi connectivity index (χ3v) is 2.77. The number of aliphatic hydroxyl groups excluding tert-OH is 1. The van der Waals surface area contributed by atoms with Crippen LogP contribution >= 0.6 is 0 Å². The summed E-state index contributed by atoms with van der Waals surface area (Å²) in [6.45, 7) is 6.64. The fourth-order valence-electron chi connectivity index (χ4n) is 1.87. The van der Waals surface area contributed by atoms with E-state index in [0.29, 0.717) is 11.1 Å². The molecule has 0 spiro atoms. The van der Waals surface area contributed by atoms with Crippen molar-refractivity contribution in [1.82, 2.24) is 5.32 Å². The first-order valence-electron chi connectivity index (χ1n) is 6.58. The zero-order valence-corrected chi connectivity index (χ0v) is 12.6. The summed E-state index contributed by atoms with van der Waals surface area (Å²) in [6.07, 6.45) is -0.636. The number of aromatic carboxylic acids is 1. The Hall–Kier alpha value is -2.08. The second-order valence-corrected chi connectivity index (χ2v) is 5.76. The number of rotatable bonds is 4. The van der Waals surface area contributed by atoms with Crippen LogP contribution in [0.3, 0.4) is 0 Å². The lowest BCUT2D eigenvalue weighted by atomic mass is 9.99. The van der Waals surface area contributed by atoms with Crippen molar-refractivity contribution in [2.45, 2.75) is 39.3 Å². The zero-order valence-electron chi connectivity index (χ0n) is 12.6. The number of carbonyl (C=O) groups is 2. The molecule has 1 aromatic rings. The van der Waals surface area contributed by atoms with E-state index in [1.807, 2.05) is 0 Å². The van der Waals surface area contributed by atoms with Gasteiger partial charge < -0.3 is 20.3 Å². The van der Waals surface area contributed by atoms with Gasteiger partial charge >= 0.3 is 12.1 Å². The number of aryl methyl sites for hydroxylation is 1. The largest absolute Gasteiger partial charge is 0.478 e. The number of alkyl carbamates (subject to hydrolysis) is 1. The van der Waals surface area contributed by atoms with Crippen molar-refractivity contribution < 1.29 is 24.5 Å². The highest BCUT2D eigenvalue weighted by molar-refractivity contribution is 5.87. The van der Waals surface area contributed by atoms with E-state index in [2.05, 4.69) is 5.32 Å². The third kappa shape index (κ3) is 5.07. The Labute approximate surface area is 123 Å². The predicted molar refractivity (Wildman–Crippen MR) is 77.3 cm³/mol. The number of carbonyl (C=O) groups excluding carboxylic acids is 1. The molecule has 1 unspecified atom stereocenters. The van der Waals surface area contributed by atoms with E-state index in [4.69, 9.17) is 9.84 Å². The lowest BCUT2D eigenvalue weighted by Crippen LogP contribution is -2.36. The van der Waals surface area contributed by atoms with E-state index in [0.717, 1.165) is 0 Å². The van der Waals surface area contributed by atoms with Crippen LogP contribution in [0.1, 0.15) is 48.3 Å². The molecule has 21 heavy (non-hydrogen) atoms. The number of carboxylic acid groups (broad SMARTS) is 1. The van der Waals surface area contributed by atoms with Crippen LogP contribution < -0.4 is 5.32 Å². The van der Waals surface area contributed by atoms with E-state index in [9.17, 15) is 14.7 Å². The fraction of sp³-hybridized carbons (Fsp3) is 0.467. The summed E-state index contributed by atoms with van der Waals surface area (Å²) >= 11 is 0. The van der Waals surface area contributed by atoms with Gasteiger partial charge in [-0.3, -0.25) is 0 Å². The van der Waals surface area contributed by atoms with Gasteiger partial charge in [-0.15, -0.1) is 0 Å². The number of amides is 1. The van der Waals surface area contributed by atoms with E-state index in [1.54, 1.807) is 33.8 Å². The van der Waals surface area contributed by atoms with Crippen molar-refractivity contribution in [2.75, 3.05) is 6.61 Å². The predicted octanol–water partition coefficient (Wildman–Crippen LogP) is 2.25. The summed E-state index contributed by atoms with van der Waals surface area (Å²) in [5.74, 6) is -1.02. The first kappa shape index (κ1) is 17.0. The Bertz CT molecular complexity index is 533. The van der Waals surface area contributed by atoms with Gasteiger partial charge in [-0.25, -0.2) is 9.59 Å². The van der Waals surface area contributed by atoms with Crippen LogP contribution in [-0.2, 0) is 4.74 Å². The maximum atomic E-state index is 11.7. The summed E-state index contributed by atoms with van der Waals surface area (Å²) in [4.78, 5) is 22.6. The van der Waals surface area contributed by atoms with Crippen molar-refractivity contribution in [3.8, 4) is 0 Å². The SMILES string of the molecule is Cc1cc(C(=O)O)ccc1C(CO)NC(=O)OC(C)(C)C. The molecule has 1 atom stereocenters. The van der Waals surface area contributed by atoms with Crippen LogP contribution in [0, 0.1) is 6.92 Å². The topological polar surface area (TPSA) is 95.9 Å². The normalized spacial score (nSPS) is 12.6. The van der Waals surface area contributed by atoms with Gasteiger partial charge in [0.05, 0.1) is 18.2 Å². The molecular weight excluding hydrogens is 274 g/mol. The van der Waals surface area contributed by atoms with Gasteiger partial charge in [0, 0.05) is 0 Å². The van der Waals surface area contributed by atoms with Crippen LogP contribution in [0.2, 0.25) is 0 Å². The second kappa shape index (κ2) is 6.58. The van der Waals surface area contributed by atoms with Gasteiger partial charge in [-0.05, 0) is 51.0 Å². The summed E-state index contributed by atoms with van der Waals surface area (Å²) in [6, 6.07) is 3.86. The number of ether oxygens (including phenoxy) is 1. The molecule has 3 N–H and O–H groups in total. The Morgan fingerprint density at radius 1 is 1.33 bits per heavy atom.